The van der Waals surface area contributed by atoms with Crippen LogP contribution in [0, 0.1) is 50.4 Å². The number of likely N-dealkylation sites (N-methyl/N-ethyl adjacent to an activating group) is 2. The van der Waals surface area contributed by atoms with Crippen LogP contribution in [0.5, 0.6) is 11.5 Å². The fraction of sp³-hybridized carbons (Fsp3) is 0.485. The Morgan fingerprint density at radius 3 is 1.52 bits per heavy atom. The summed E-state index contributed by atoms with van der Waals surface area (Å²) in [6.45, 7) is 33.5. The maximum atomic E-state index is 14.1. The molecule has 0 spiro atoms. The van der Waals surface area contributed by atoms with Crippen molar-refractivity contribution in [2.24, 2.45) is 0 Å². The molecule has 2 amide bonds. The van der Waals surface area contributed by atoms with Crippen molar-refractivity contribution in [2.75, 3.05) is 66.6 Å². The van der Waals surface area contributed by atoms with Gasteiger partial charge < -0.3 is 38.4 Å². The molecule has 86 heavy (non-hydrogen) atoms. The Bertz CT molecular complexity index is 3500. The molecule has 0 aliphatic carbocycles. The largest absolute Gasteiger partial charge is 0.495 e. The number of fused-ring (bicyclic) bond motifs is 2. The van der Waals surface area contributed by atoms with E-state index >= 15 is 0 Å². The van der Waals surface area contributed by atoms with Crippen molar-refractivity contribution in [3.8, 4) is 34.8 Å². The van der Waals surface area contributed by atoms with Gasteiger partial charge in [0.25, 0.3) is 11.8 Å². The first-order valence-electron chi connectivity index (χ1n) is 29.9. The molecular weight excluding hydrogens is 1100 g/mol. The number of carbonyl (C=O) groups is 2. The number of benzene rings is 2. The second-order valence-electron chi connectivity index (χ2n) is 23.3. The molecule has 1 saturated heterocycles. The minimum absolute atomic E-state index is 0.00814. The molecule has 18 nitrogen and oxygen atoms in total. The van der Waals surface area contributed by atoms with Crippen LogP contribution in [-0.4, -0.2) is 147 Å². The molecule has 454 valence electrons. The highest BCUT2D eigenvalue weighted by Gasteiger charge is 2.53. The predicted molar refractivity (Wildman–Crippen MR) is 336 cm³/mol. The lowest BCUT2D eigenvalue weighted by Gasteiger charge is -2.35. The first kappa shape index (κ1) is 66.1. The second-order valence-corrected chi connectivity index (χ2v) is 23.7. The maximum absolute atomic E-state index is 14.1. The van der Waals surface area contributed by atoms with Crippen LogP contribution in [0.2, 0.25) is 5.02 Å². The highest BCUT2D eigenvalue weighted by Crippen LogP contribution is 2.39. The van der Waals surface area contributed by atoms with Crippen LogP contribution in [0.3, 0.4) is 0 Å². The zero-order chi connectivity index (χ0) is 62.8. The molecule has 4 aromatic heterocycles. The molecule has 0 saturated carbocycles. The Labute approximate surface area is 514 Å². The number of aryl methyl sites for hydroxylation is 4. The van der Waals surface area contributed by atoms with Gasteiger partial charge in [-0.2, -0.15) is 30.9 Å². The van der Waals surface area contributed by atoms with E-state index < -0.39 is 18.3 Å². The highest BCUT2D eigenvalue weighted by molar-refractivity contribution is 6.63. The van der Waals surface area contributed by atoms with E-state index in [-0.39, 0.29) is 23.9 Å². The number of aromatic nitrogens is 6. The number of hydrogen-bond donors (Lipinski definition) is 0. The van der Waals surface area contributed by atoms with Crippen LogP contribution >= 0.6 is 11.6 Å². The second kappa shape index (κ2) is 28.9. The number of halogens is 1. The first-order valence-corrected chi connectivity index (χ1v) is 30.3. The van der Waals surface area contributed by atoms with Gasteiger partial charge in [0.2, 0.25) is 0 Å². The Kier molecular flexibility index (Phi) is 22.2. The van der Waals surface area contributed by atoms with Crippen LogP contribution in [0.1, 0.15) is 170 Å². The Morgan fingerprint density at radius 2 is 1.07 bits per heavy atom. The van der Waals surface area contributed by atoms with Crippen molar-refractivity contribution in [3.63, 3.8) is 0 Å². The quantitative estimate of drug-likeness (QED) is 0.0733. The van der Waals surface area contributed by atoms with Gasteiger partial charge in [0, 0.05) is 67.4 Å². The molecule has 2 aromatic carbocycles. The standard InChI is InChI=1S/C30H41BN4O4.C30H36N6O2.C6H7ClN2/c1-9-34(8)13-11-21-15-24-23(25(16-21)31-38-29(4,5)30(6,7)39-31)12-14-35(28(24)36)20(3)26-17-27(37-10-2)22(18-32)19-33-26;1-7-35(6)11-9-22-14-26(25-13-19(3)33-34-20(25)4)24-10-12-36(30(37)27(24)15-22)21(5)28-16-29(38-8-2)23(17-31)18-32-28;1-4-3-6(7)5(2)9-8-4/h15-17,19-20H,9-14H2,1-8H3;13-16,18,21H,7-12H2,1-6H3;3H,1-2H3/t;21-;/m.0./s1. The van der Waals surface area contributed by atoms with Gasteiger partial charge in [-0.15, -0.1) is 0 Å². The summed E-state index contributed by atoms with van der Waals surface area (Å²) in [5.41, 5.74) is 13.4. The summed E-state index contributed by atoms with van der Waals surface area (Å²) in [6.07, 6.45) is 6.14. The van der Waals surface area contributed by atoms with E-state index in [1.807, 2.05) is 71.3 Å². The number of pyridine rings is 2. The van der Waals surface area contributed by atoms with E-state index in [2.05, 4.69) is 132 Å². The van der Waals surface area contributed by atoms with Crippen LogP contribution in [-0.2, 0) is 35.0 Å². The Hall–Kier alpha value is -7.39. The van der Waals surface area contributed by atoms with Gasteiger partial charge in [-0.3, -0.25) is 19.6 Å². The smallest absolute Gasteiger partial charge is 0.492 e. The third-order valence-corrected chi connectivity index (χ3v) is 17.2. The van der Waals surface area contributed by atoms with Crippen molar-refractivity contribution in [1.82, 2.24) is 50.0 Å². The summed E-state index contributed by atoms with van der Waals surface area (Å²) < 4.78 is 24.2. The zero-order valence-corrected chi connectivity index (χ0v) is 53.9. The normalized spacial score (nSPS) is 15.6. The van der Waals surface area contributed by atoms with E-state index in [9.17, 15) is 20.1 Å². The van der Waals surface area contributed by atoms with Crippen molar-refractivity contribution in [3.05, 3.63) is 145 Å². The summed E-state index contributed by atoms with van der Waals surface area (Å²) in [7, 11) is 3.68. The molecular formula is C66H84BClN12O6. The molecule has 2 atom stereocenters. The SMILES string of the molecule is CCOc1cc(C(C)N2CCc3c(B4OC(C)(C)C(C)(C)O4)cc(CCN(C)CC)cc3C2=O)ncc1C#N.CCOc1cc([C@H](C)N2CCc3c(cc(CCN(C)CC)cc3-c3cc(C)nnc3C)C2=O)ncc1C#N.Cc1cc(Cl)c(C)nn1. The van der Waals surface area contributed by atoms with E-state index in [1.165, 1.54) is 12.4 Å². The lowest BCUT2D eigenvalue weighted by Crippen LogP contribution is -2.45. The van der Waals surface area contributed by atoms with Crippen LogP contribution in [0.15, 0.2) is 60.9 Å². The van der Waals surface area contributed by atoms with Crippen LogP contribution < -0.4 is 14.9 Å². The summed E-state index contributed by atoms with van der Waals surface area (Å²) in [6, 6.07) is 19.6. The average Bonchev–Trinajstić information content (AvgIpc) is 1.52. The molecule has 20 heteroatoms. The van der Waals surface area contributed by atoms with E-state index in [1.54, 1.807) is 18.2 Å². The minimum atomic E-state index is -0.529. The molecule has 0 radical (unpaired) electrons. The Balaban J connectivity index is 0.000000214. The molecule has 7 heterocycles. The number of rotatable bonds is 18. The molecule has 1 fully saturated rings. The van der Waals surface area contributed by atoms with Crippen molar-refractivity contribution >= 4 is 36.0 Å². The number of nitriles is 2. The summed E-state index contributed by atoms with van der Waals surface area (Å²) in [5, 5.41) is 35.7. The third kappa shape index (κ3) is 15.2. The molecule has 6 aromatic rings. The van der Waals surface area contributed by atoms with Gasteiger partial charge in [-0.25, -0.2) is 0 Å². The molecule has 9 rings (SSSR count). The van der Waals surface area contributed by atoms with Crippen molar-refractivity contribution < 1.29 is 28.4 Å². The highest BCUT2D eigenvalue weighted by atomic mass is 35.5. The van der Waals surface area contributed by atoms with Gasteiger partial charge in [-0.05, 0) is 193 Å². The average molecular weight is 1190 g/mol. The van der Waals surface area contributed by atoms with Crippen molar-refractivity contribution in [1.29, 1.82) is 10.5 Å². The van der Waals surface area contributed by atoms with Gasteiger partial charge in [0.1, 0.15) is 34.8 Å². The monoisotopic (exact) mass is 1190 g/mol. The number of hydrogen-bond acceptors (Lipinski definition) is 16. The third-order valence-electron chi connectivity index (χ3n) is 16.8. The number of carbonyl (C=O) groups excluding carboxylic acids is 2. The zero-order valence-electron chi connectivity index (χ0n) is 53.2. The topological polar surface area (TPSA) is 209 Å². The van der Waals surface area contributed by atoms with E-state index in [0.717, 1.165) is 113 Å². The number of nitrogens with zero attached hydrogens (tertiary/aromatic N) is 12. The van der Waals surface area contributed by atoms with Crippen LogP contribution in [0.4, 0.5) is 0 Å². The Morgan fingerprint density at radius 1 is 0.628 bits per heavy atom. The number of ether oxygens (including phenoxy) is 2. The maximum Gasteiger partial charge on any atom is 0.495 e. The lowest BCUT2D eigenvalue weighted by molar-refractivity contribution is 0.00578. The van der Waals surface area contributed by atoms with Gasteiger partial charge in [0.05, 0.1) is 75.7 Å². The number of amides is 2. The van der Waals surface area contributed by atoms with Crippen LogP contribution in [0.25, 0.3) is 11.1 Å². The molecule has 1 unspecified atom stereocenters. The summed E-state index contributed by atoms with van der Waals surface area (Å²) in [4.78, 5) is 45.4. The van der Waals surface area contributed by atoms with Gasteiger partial charge >= 0.3 is 7.12 Å². The first-order chi connectivity index (χ1) is 40.9. The molecule has 3 aliphatic heterocycles. The molecule has 3 aliphatic rings. The fourth-order valence-corrected chi connectivity index (χ4v) is 10.7. The van der Waals surface area contributed by atoms with E-state index in [4.69, 9.17) is 30.4 Å². The minimum Gasteiger partial charge on any atom is -0.492 e. The molecule has 0 bridgehead atoms. The summed E-state index contributed by atoms with van der Waals surface area (Å²) in [5.74, 6) is 0.951. The van der Waals surface area contributed by atoms with Crippen molar-refractivity contribution in [2.45, 2.75) is 146 Å². The fourth-order valence-electron chi connectivity index (χ4n) is 10.5. The summed E-state index contributed by atoms with van der Waals surface area (Å²) >= 11 is 5.71. The van der Waals surface area contributed by atoms with E-state index in [0.29, 0.717) is 77.3 Å². The lowest BCUT2D eigenvalue weighted by atomic mass is 9.72. The predicted octanol–water partition coefficient (Wildman–Crippen LogP) is 10.3. The molecule has 0 N–H and O–H groups in total. The van der Waals surface area contributed by atoms with Gasteiger partial charge in [0.15, 0.2) is 0 Å². The van der Waals surface area contributed by atoms with Gasteiger partial charge in [-0.1, -0.05) is 37.6 Å².